The van der Waals surface area contributed by atoms with Crippen molar-refractivity contribution in [2.45, 2.75) is 59.6 Å². The number of benzene rings is 2. The molecule has 0 unspecified atom stereocenters. The van der Waals surface area contributed by atoms with Crippen LogP contribution in [0.2, 0.25) is 0 Å². The molecule has 0 N–H and O–H groups in total. The van der Waals surface area contributed by atoms with Gasteiger partial charge in [-0.05, 0) is 62.6 Å². The molecule has 2 atom stereocenters. The van der Waals surface area contributed by atoms with Gasteiger partial charge in [0.25, 0.3) is 0 Å². The molecule has 1 amide bonds. The number of aliphatic imine (C=N–C) groups is 1. The smallest absolute Gasteiger partial charge is 0.338 e. The molecule has 0 radical (unpaired) electrons. The third-order valence-corrected chi connectivity index (χ3v) is 8.78. The molecule has 2 aromatic carbocycles. The number of amidine groups is 1. The van der Waals surface area contributed by atoms with E-state index in [2.05, 4.69) is 18.2 Å². The number of fused-ring (bicyclic) bond motifs is 1. The number of allylic oxidation sites excluding steroid dienone is 1. The van der Waals surface area contributed by atoms with Crippen molar-refractivity contribution in [1.82, 2.24) is 9.80 Å². The van der Waals surface area contributed by atoms with Crippen LogP contribution in [0.3, 0.4) is 0 Å². The van der Waals surface area contributed by atoms with E-state index in [1.165, 1.54) is 11.8 Å². The molecule has 2 aromatic rings. The Morgan fingerprint density at radius 2 is 1.83 bits per heavy atom. The van der Waals surface area contributed by atoms with Gasteiger partial charge in [-0.25, -0.2) is 9.79 Å². The van der Waals surface area contributed by atoms with Gasteiger partial charge in [0.05, 0.1) is 36.3 Å². The number of piperidine rings is 1. The second-order valence-electron chi connectivity index (χ2n) is 10.9. The minimum atomic E-state index is -0.497. The molecule has 0 bridgehead atoms. The molecule has 5 rings (SSSR count). The Labute approximate surface area is 251 Å². The highest BCUT2D eigenvalue weighted by Crippen LogP contribution is 2.46. The van der Waals surface area contributed by atoms with Gasteiger partial charge in [-0.1, -0.05) is 65.9 Å². The summed E-state index contributed by atoms with van der Waals surface area (Å²) in [5.74, 6) is -1.04. The second kappa shape index (κ2) is 13.0. The first-order chi connectivity index (χ1) is 20.3. The van der Waals surface area contributed by atoms with Gasteiger partial charge < -0.3 is 19.3 Å². The molecule has 8 nitrogen and oxygen atoms in total. The van der Waals surface area contributed by atoms with Crippen molar-refractivity contribution in [3.05, 3.63) is 93.2 Å². The minimum Gasteiger partial charge on any atom is -0.466 e. The summed E-state index contributed by atoms with van der Waals surface area (Å²) in [6.45, 7) is 9.13. The number of nitrogens with zero attached hydrogens (tertiary/aromatic N) is 3. The summed E-state index contributed by atoms with van der Waals surface area (Å²) in [6.07, 6.45) is 1.61. The van der Waals surface area contributed by atoms with Crippen LogP contribution >= 0.6 is 11.8 Å². The van der Waals surface area contributed by atoms with Gasteiger partial charge in [-0.2, -0.15) is 0 Å². The third kappa shape index (κ3) is 6.31. The first kappa shape index (κ1) is 29.6. The number of carbonyl (C=O) groups is 3. The first-order valence-corrected chi connectivity index (χ1v) is 15.3. The second-order valence-corrected chi connectivity index (χ2v) is 11.8. The van der Waals surface area contributed by atoms with Crippen LogP contribution in [0.4, 0.5) is 0 Å². The van der Waals surface area contributed by atoms with Crippen LogP contribution in [0.1, 0.15) is 61.4 Å². The zero-order valence-electron chi connectivity index (χ0n) is 24.6. The standard InChI is InChI=1S/C33H37N3O5S/c1-5-40-31(38)25-12-9-15-35(18-25)28(37)17-26-20-42-33-34-23(4)29(32(39)41-19-24-10-7-6-8-11-24)30(36(26)33)27-16-21(2)13-14-22(27)3/h6-8,10-11,13-14,16,20,25,30H,5,9,12,15,17-19H2,1-4H3/t25-,30+/m0/s1. The van der Waals surface area contributed by atoms with E-state index < -0.39 is 12.0 Å². The Bertz CT molecular complexity index is 1470. The molecule has 1 fully saturated rings. The van der Waals surface area contributed by atoms with Crippen molar-refractivity contribution in [1.29, 1.82) is 0 Å². The lowest BCUT2D eigenvalue weighted by Gasteiger charge is -2.38. The van der Waals surface area contributed by atoms with Gasteiger partial charge in [0, 0.05) is 18.8 Å². The summed E-state index contributed by atoms with van der Waals surface area (Å²) in [5, 5.41) is 2.68. The zero-order valence-corrected chi connectivity index (χ0v) is 25.4. The molecule has 0 aromatic heterocycles. The maximum absolute atomic E-state index is 13.8. The lowest BCUT2D eigenvalue weighted by Crippen LogP contribution is -2.44. The largest absolute Gasteiger partial charge is 0.466 e. The number of aryl methyl sites for hydroxylation is 2. The highest BCUT2D eigenvalue weighted by atomic mass is 32.2. The van der Waals surface area contributed by atoms with E-state index in [0.29, 0.717) is 31.0 Å². The molecule has 3 heterocycles. The summed E-state index contributed by atoms with van der Waals surface area (Å²) in [6, 6.07) is 15.3. The van der Waals surface area contributed by atoms with Gasteiger partial charge in [0.1, 0.15) is 6.61 Å². The fourth-order valence-electron chi connectivity index (χ4n) is 5.70. The number of ether oxygens (including phenoxy) is 2. The fourth-order valence-corrected chi connectivity index (χ4v) is 6.67. The normalized spacial score (nSPS) is 20.1. The van der Waals surface area contributed by atoms with E-state index in [4.69, 9.17) is 14.5 Å². The lowest BCUT2D eigenvalue weighted by atomic mass is 9.90. The van der Waals surface area contributed by atoms with Crippen LogP contribution in [0.5, 0.6) is 0 Å². The van der Waals surface area contributed by atoms with Crippen LogP contribution in [-0.4, -0.2) is 52.5 Å². The number of carbonyl (C=O) groups excluding carboxylic acids is 3. The Hall–Kier alpha value is -3.85. The molecule has 1 saturated heterocycles. The average Bonchev–Trinajstić information content (AvgIpc) is 3.38. The summed E-state index contributed by atoms with van der Waals surface area (Å²) in [5.41, 5.74) is 5.81. The van der Waals surface area contributed by atoms with Gasteiger partial charge in [-0.3, -0.25) is 9.59 Å². The Kier molecular flexibility index (Phi) is 9.16. The number of hydrogen-bond acceptors (Lipinski definition) is 8. The first-order valence-electron chi connectivity index (χ1n) is 14.4. The van der Waals surface area contributed by atoms with E-state index >= 15 is 0 Å². The molecule has 9 heteroatoms. The molecule has 0 aliphatic carbocycles. The number of likely N-dealkylation sites (tertiary alicyclic amines) is 1. The number of amides is 1. The SMILES string of the molecule is CCOC(=O)[C@H]1CCCN(C(=O)CC2=CSC3=NC(C)=C(C(=O)OCc4ccccc4)[C@@H](c4cc(C)ccc4C)N23)C1. The van der Waals surface area contributed by atoms with Crippen LogP contribution in [0, 0.1) is 19.8 Å². The Morgan fingerprint density at radius 3 is 2.60 bits per heavy atom. The van der Waals surface area contributed by atoms with Crippen LogP contribution in [0.25, 0.3) is 0 Å². The highest BCUT2D eigenvalue weighted by Gasteiger charge is 2.42. The molecular weight excluding hydrogens is 550 g/mol. The predicted molar refractivity (Wildman–Crippen MR) is 163 cm³/mol. The molecule has 42 heavy (non-hydrogen) atoms. The maximum atomic E-state index is 13.8. The van der Waals surface area contributed by atoms with Crippen LogP contribution in [-0.2, 0) is 30.5 Å². The highest BCUT2D eigenvalue weighted by molar-refractivity contribution is 8.16. The number of thioether (sulfide) groups is 1. The van der Waals surface area contributed by atoms with E-state index in [1.54, 1.807) is 11.8 Å². The van der Waals surface area contributed by atoms with Gasteiger partial charge in [-0.15, -0.1) is 0 Å². The molecule has 0 saturated carbocycles. The molecule has 0 spiro atoms. The van der Waals surface area contributed by atoms with E-state index in [0.717, 1.165) is 46.0 Å². The lowest BCUT2D eigenvalue weighted by molar-refractivity contribution is -0.151. The van der Waals surface area contributed by atoms with Crippen molar-refractivity contribution < 1.29 is 23.9 Å². The third-order valence-electron chi connectivity index (χ3n) is 7.89. The van der Waals surface area contributed by atoms with Crippen molar-refractivity contribution >= 4 is 34.8 Å². The molecule has 3 aliphatic rings. The molecular formula is C33H37N3O5S. The number of esters is 2. The fraction of sp³-hybridized carbons (Fsp3) is 0.394. The van der Waals surface area contributed by atoms with Crippen molar-refractivity contribution in [2.75, 3.05) is 19.7 Å². The molecule has 220 valence electrons. The van der Waals surface area contributed by atoms with E-state index in [-0.39, 0.29) is 30.8 Å². The van der Waals surface area contributed by atoms with Crippen molar-refractivity contribution in [3.8, 4) is 0 Å². The van der Waals surface area contributed by atoms with Crippen molar-refractivity contribution in [2.24, 2.45) is 10.9 Å². The quantitative estimate of drug-likeness (QED) is 0.360. The summed E-state index contributed by atoms with van der Waals surface area (Å²) in [4.78, 5) is 48.3. The van der Waals surface area contributed by atoms with E-state index in [9.17, 15) is 14.4 Å². The maximum Gasteiger partial charge on any atom is 0.338 e. The summed E-state index contributed by atoms with van der Waals surface area (Å²) < 4.78 is 11.1. The van der Waals surface area contributed by atoms with Crippen LogP contribution < -0.4 is 0 Å². The Morgan fingerprint density at radius 1 is 1.05 bits per heavy atom. The number of hydrogen-bond donors (Lipinski definition) is 0. The average molecular weight is 588 g/mol. The molecule has 3 aliphatic heterocycles. The monoisotopic (exact) mass is 587 g/mol. The van der Waals surface area contributed by atoms with Gasteiger partial charge in [0.2, 0.25) is 5.91 Å². The minimum absolute atomic E-state index is 0.0590. The zero-order chi connectivity index (χ0) is 29.8. The topological polar surface area (TPSA) is 88.5 Å². The van der Waals surface area contributed by atoms with E-state index in [1.807, 2.05) is 61.4 Å². The van der Waals surface area contributed by atoms with Gasteiger partial charge >= 0.3 is 11.9 Å². The Balaban J connectivity index is 1.43. The van der Waals surface area contributed by atoms with Crippen molar-refractivity contribution in [3.63, 3.8) is 0 Å². The summed E-state index contributed by atoms with van der Waals surface area (Å²) >= 11 is 1.45. The van der Waals surface area contributed by atoms with Crippen LogP contribution in [0.15, 0.2) is 75.9 Å². The summed E-state index contributed by atoms with van der Waals surface area (Å²) in [7, 11) is 0. The number of rotatable bonds is 8. The predicted octanol–water partition coefficient (Wildman–Crippen LogP) is 5.81. The van der Waals surface area contributed by atoms with Gasteiger partial charge in [0.15, 0.2) is 5.17 Å².